The summed E-state index contributed by atoms with van der Waals surface area (Å²) in [5.41, 5.74) is 6.03. The van der Waals surface area contributed by atoms with E-state index in [0.29, 0.717) is 5.69 Å². The minimum absolute atomic E-state index is 0.0776. The number of carbonyl (C=O) groups is 3. The van der Waals surface area contributed by atoms with E-state index in [1.807, 2.05) is 66.7 Å². The molecule has 0 bridgehead atoms. The van der Waals surface area contributed by atoms with Crippen molar-refractivity contribution in [2.24, 2.45) is 0 Å². The van der Waals surface area contributed by atoms with Crippen LogP contribution in [0, 0.1) is 0 Å². The molecule has 7 heteroatoms. The topological polar surface area (TPSA) is 95.9 Å². The van der Waals surface area contributed by atoms with E-state index in [4.69, 9.17) is 4.74 Å². The molecule has 4 aromatic rings. The van der Waals surface area contributed by atoms with Crippen molar-refractivity contribution in [2.45, 2.75) is 12.5 Å². The van der Waals surface area contributed by atoms with Gasteiger partial charge >= 0.3 is 12.1 Å². The van der Waals surface area contributed by atoms with Crippen LogP contribution in [0.5, 0.6) is 0 Å². The highest BCUT2D eigenvalue weighted by atomic mass is 16.5. The quantitative estimate of drug-likeness (QED) is 0.331. The van der Waals surface area contributed by atoms with Gasteiger partial charge in [-0.3, -0.25) is 4.79 Å². The monoisotopic (exact) mass is 506 g/mol. The Kier molecular flexibility index (Phi) is 7.17. The molecule has 0 saturated carbocycles. The van der Waals surface area contributed by atoms with Crippen LogP contribution in [0.1, 0.15) is 33.0 Å². The van der Waals surface area contributed by atoms with Gasteiger partial charge in [0.15, 0.2) is 0 Å². The Morgan fingerprint density at radius 1 is 0.763 bits per heavy atom. The lowest BCUT2D eigenvalue weighted by Gasteiger charge is -2.23. The number of fused-ring (bicyclic) bond motifs is 3. The lowest BCUT2D eigenvalue weighted by Crippen LogP contribution is -2.40. The van der Waals surface area contributed by atoms with Gasteiger partial charge in [-0.25, -0.2) is 9.59 Å². The van der Waals surface area contributed by atoms with Gasteiger partial charge in [0.1, 0.15) is 13.2 Å². The molecule has 38 heavy (non-hydrogen) atoms. The van der Waals surface area contributed by atoms with Crippen molar-refractivity contribution in [2.75, 3.05) is 18.1 Å². The number of amides is 2. The number of benzene rings is 4. The normalized spacial score (nSPS) is 11.8. The van der Waals surface area contributed by atoms with Crippen LogP contribution in [-0.4, -0.2) is 36.2 Å². The summed E-state index contributed by atoms with van der Waals surface area (Å²) in [6.45, 7) is 0.140. The van der Waals surface area contributed by atoms with Crippen molar-refractivity contribution in [3.05, 3.63) is 125 Å². The molecule has 4 aromatic carbocycles. The summed E-state index contributed by atoms with van der Waals surface area (Å²) in [6.07, 6.45) is -0.680. The average molecular weight is 507 g/mol. The predicted octanol–water partition coefficient (Wildman–Crippen LogP) is 5.46. The summed E-state index contributed by atoms with van der Waals surface area (Å²) in [6, 6.07) is 31.6. The molecular weight excluding hydrogens is 480 g/mol. The fourth-order valence-electron chi connectivity index (χ4n) is 4.77. The Bertz CT molecular complexity index is 1420. The van der Waals surface area contributed by atoms with Gasteiger partial charge < -0.3 is 20.1 Å². The smallest absolute Gasteiger partial charge is 0.407 e. The van der Waals surface area contributed by atoms with Gasteiger partial charge in [0.05, 0.1) is 12.1 Å². The van der Waals surface area contributed by atoms with Crippen LogP contribution in [-0.2, 0) is 16.1 Å². The van der Waals surface area contributed by atoms with Gasteiger partial charge in [-0.05, 0) is 52.1 Å². The highest BCUT2D eigenvalue weighted by Gasteiger charge is 2.29. The number of nitrogens with zero attached hydrogens (tertiary/aromatic N) is 1. The number of carbonyl (C=O) groups excluding carboxylic acids is 2. The Morgan fingerprint density at radius 3 is 1.95 bits per heavy atom. The highest BCUT2D eigenvalue weighted by molar-refractivity contribution is 5.97. The third-order valence-corrected chi connectivity index (χ3v) is 6.64. The van der Waals surface area contributed by atoms with Crippen molar-refractivity contribution in [3.8, 4) is 11.1 Å². The first-order valence-electron chi connectivity index (χ1n) is 12.3. The number of aromatic carboxylic acids is 1. The van der Waals surface area contributed by atoms with Crippen molar-refractivity contribution in [1.82, 2.24) is 5.32 Å². The first kappa shape index (κ1) is 24.8. The molecule has 2 N–H and O–H groups in total. The Morgan fingerprint density at radius 2 is 1.34 bits per heavy atom. The summed E-state index contributed by atoms with van der Waals surface area (Å²) >= 11 is 0. The van der Waals surface area contributed by atoms with E-state index in [0.717, 1.165) is 27.8 Å². The summed E-state index contributed by atoms with van der Waals surface area (Å²) in [5.74, 6) is -1.48. The van der Waals surface area contributed by atoms with E-state index < -0.39 is 12.1 Å². The van der Waals surface area contributed by atoms with Crippen molar-refractivity contribution in [1.29, 1.82) is 0 Å². The lowest BCUT2D eigenvalue weighted by atomic mass is 9.98. The summed E-state index contributed by atoms with van der Waals surface area (Å²) in [7, 11) is 0. The number of nitrogens with one attached hydrogen (secondary N) is 1. The number of anilines is 1. The van der Waals surface area contributed by atoms with Crippen LogP contribution in [0.3, 0.4) is 0 Å². The number of rotatable bonds is 8. The van der Waals surface area contributed by atoms with Gasteiger partial charge in [-0.15, -0.1) is 0 Å². The van der Waals surface area contributed by atoms with Crippen LogP contribution >= 0.6 is 0 Å². The maximum absolute atomic E-state index is 13.2. The molecule has 0 atom stereocenters. The molecular formula is C31H26N2O5. The maximum atomic E-state index is 13.2. The van der Waals surface area contributed by atoms with Crippen molar-refractivity contribution < 1.29 is 24.2 Å². The zero-order valence-corrected chi connectivity index (χ0v) is 20.5. The van der Waals surface area contributed by atoms with E-state index >= 15 is 0 Å². The summed E-state index contributed by atoms with van der Waals surface area (Å²) < 4.78 is 5.55. The highest BCUT2D eigenvalue weighted by Crippen LogP contribution is 2.44. The van der Waals surface area contributed by atoms with Gasteiger partial charge in [0.25, 0.3) is 0 Å². The SMILES string of the molecule is O=C(NCC(=O)N(Cc1ccccc1)c1ccc(C(=O)O)cc1)OCC1c2ccccc2-c2ccccc21. The zero-order valence-electron chi connectivity index (χ0n) is 20.5. The standard InChI is InChI=1S/C31H26N2O5/c34-29(33(19-21-8-2-1-3-9-21)23-16-14-22(15-17-23)30(35)36)18-32-31(37)38-20-28-26-12-6-4-10-24(26)25-11-5-7-13-27(25)28/h1-17,28H,18-20H2,(H,32,37)(H,35,36). The summed E-state index contributed by atoms with van der Waals surface area (Å²) in [5, 5.41) is 11.8. The summed E-state index contributed by atoms with van der Waals surface area (Å²) in [4.78, 5) is 38.5. The number of hydrogen-bond acceptors (Lipinski definition) is 4. The molecule has 7 nitrogen and oxygen atoms in total. The molecule has 0 radical (unpaired) electrons. The number of carboxylic acids is 1. The lowest BCUT2D eigenvalue weighted by molar-refractivity contribution is -0.117. The number of carboxylic acid groups (broad SMARTS) is 1. The maximum Gasteiger partial charge on any atom is 0.407 e. The molecule has 190 valence electrons. The number of alkyl carbamates (subject to hydrolysis) is 1. The minimum Gasteiger partial charge on any atom is -0.478 e. The Labute approximate surface area is 220 Å². The molecule has 0 saturated heterocycles. The Hall–Kier alpha value is -4.91. The zero-order chi connectivity index (χ0) is 26.5. The van der Waals surface area contributed by atoms with Gasteiger partial charge in [-0.1, -0.05) is 78.9 Å². The van der Waals surface area contributed by atoms with E-state index in [2.05, 4.69) is 17.4 Å². The average Bonchev–Trinajstić information content (AvgIpc) is 3.27. The fraction of sp³-hybridized carbons (Fsp3) is 0.129. The van der Waals surface area contributed by atoms with Crippen molar-refractivity contribution >= 4 is 23.7 Å². The molecule has 0 aromatic heterocycles. The third-order valence-electron chi connectivity index (χ3n) is 6.64. The van der Waals surface area contributed by atoms with Crippen LogP contribution in [0.15, 0.2) is 103 Å². The molecule has 0 fully saturated rings. The molecule has 0 unspecified atom stereocenters. The Balaban J connectivity index is 1.24. The number of hydrogen-bond donors (Lipinski definition) is 2. The largest absolute Gasteiger partial charge is 0.478 e. The molecule has 0 aliphatic heterocycles. The molecule has 0 heterocycles. The first-order chi connectivity index (χ1) is 18.5. The fourth-order valence-corrected chi connectivity index (χ4v) is 4.77. The van der Waals surface area contributed by atoms with E-state index in [9.17, 15) is 19.5 Å². The molecule has 0 spiro atoms. The third kappa shape index (κ3) is 5.27. The van der Waals surface area contributed by atoms with Gasteiger partial charge in [-0.2, -0.15) is 0 Å². The van der Waals surface area contributed by atoms with Crippen LogP contribution in [0.4, 0.5) is 10.5 Å². The molecule has 1 aliphatic rings. The van der Waals surface area contributed by atoms with E-state index in [-0.39, 0.29) is 37.1 Å². The first-order valence-corrected chi connectivity index (χ1v) is 12.3. The van der Waals surface area contributed by atoms with Gasteiger partial charge in [0.2, 0.25) is 5.91 Å². The molecule has 2 amide bonds. The number of ether oxygens (including phenoxy) is 1. The second-order valence-corrected chi connectivity index (χ2v) is 9.00. The second-order valence-electron chi connectivity index (χ2n) is 9.00. The predicted molar refractivity (Wildman–Crippen MR) is 144 cm³/mol. The van der Waals surface area contributed by atoms with Gasteiger partial charge in [0, 0.05) is 11.6 Å². The second kappa shape index (κ2) is 11.0. The molecule has 5 rings (SSSR count). The van der Waals surface area contributed by atoms with Crippen molar-refractivity contribution in [3.63, 3.8) is 0 Å². The van der Waals surface area contributed by atoms with Crippen LogP contribution in [0.2, 0.25) is 0 Å². The van der Waals surface area contributed by atoms with E-state index in [1.54, 1.807) is 12.1 Å². The molecule has 1 aliphatic carbocycles. The minimum atomic E-state index is -1.05. The van der Waals surface area contributed by atoms with Crippen LogP contribution < -0.4 is 10.2 Å². The van der Waals surface area contributed by atoms with Crippen LogP contribution in [0.25, 0.3) is 11.1 Å². The van der Waals surface area contributed by atoms with E-state index in [1.165, 1.54) is 17.0 Å².